The van der Waals surface area contributed by atoms with E-state index >= 15 is 0 Å². The van der Waals surface area contributed by atoms with Gasteiger partial charge in [-0.1, -0.05) is 70.2 Å². The summed E-state index contributed by atoms with van der Waals surface area (Å²) in [4.78, 5) is 12.7. The van der Waals surface area contributed by atoms with E-state index < -0.39 is 10.0 Å². The minimum Gasteiger partial charge on any atom is -0.348 e. The highest BCUT2D eigenvalue weighted by Crippen LogP contribution is 2.25. The van der Waals surface area contributed by atoms with Crippen molar-refractivity contribution in [2.24, 2.45) is 0 Å². The molecule has 0 heterocycles. The molecule has 6 heteroatoms. The molecule has 0 saturated carbocycles. The molecule has 0 spiro atoms. The third-order valence-corrected chi connectivity index (χ3v) is 6.11. The van der Waals surface area contributed by atoms with Gasteiger partial charge >= 0.3 is 0 Å². The number of nitrogens with zero attached hydrogens (tertiary/aromatic N) is 1. The van der Waals surface area contributed by atoms with Crippen molar-refractivity contribution >= 4 is 21.6 Å². The summed E-state index contributed by atoms with van der Waals surface area (Å²) in [6, 6.07) is 15.2. The number of rotatable bonds is 7. The monoisotopic (exact) mass is 416 g/mol. The smallest absolute Gasteiger partial charge is 0.241 e. The molecule has 1 atom stereocenters. The van der Waals surface area contributed by atoms with Crippen LogP contribution in [0.4, 0.5) is 5.69 Å². The third kappa shape index (κ3) is 6.07. The first-order valence-corrected chi connectivity index (χ1v) is 11.7. The van der Waals surface area contributed by atoms with Gasteiger partial charge in [0.15, 0.2) is 0 Å². The van der Waals surface area contributed by atoms with Crippen molar-refractivity contribution in [3.63, 3.8) is 0 Å². The Bertz CT molecular complexity index is 945. The molecule has 5 nitrogen and oxygen atoms in total. The van der Waals surface area contributed by atoms with Crippen LogP contribution in [0.3, 0.4) is 0 Å². The summed E-state index contributed by atoms with van der Waals surface area (Å²) in [5, 5.41) is 2.92. The standard InChI is InChI=1S/C23H32N2O3S/c1-7-18-10-8-9-11-21(18)25(29(6,27)28)16-22(26)24-17(2)19-12-14-20(15-13-19)23(3,4)5/h8-15,17H,7,16H2,1-6H3,(H,24,26)/t17-/m1/s1. The van der Waals surface area contributed by atoms with E-state index in [0.29, 0.717) is 12.1 Å². The molecule has 0 unspecified atom stereocenters. The zero-order valence-electron chi connectivity index (χ0n) is 18.2. The van der Waals surface area contributed by atoms with E-state index in [0.717, 1.165) is 17.4 Å². The number of hydrogen-bond donors (Lipinski definition) is 1. The maximum atomic E-state index is 12.7. The average molecular weight is 417 g/mol. The van der Waals surface area contributed by atoms with Crippen LogP contribution in [0.1, 0.15) is 57.4 Å². The molecule has 158 valence electrons. The van der Waals surface area contributed by atoms with Crippen LogP contribution in [-0.4, -0.2) is 27.1 Å². The number of aryl methyl sites for hydroxylation is 1. The highest BCUT2D eigenvalue weighted by molar-refractivity contribution is 7.92. The van der Waals surface area contributed by atoms with Gasteiger partial charge in [-0.15, -0.1) is 0 Å². The lowest BCUT2D eigenvalue weighted by molar-refractivity contribution is -0.120. The summed E-state index contributed by atoms with van der Waals surface area (Å²) in [7, 11) is -3.60. The van der Waals surface area contributed by atoms with E-state index in [1.807, 2.05) is 38.1 Å². The largest absolute Gasteiger partial charge is 0.348 e. The molecule has 2 aromatic rings. The molecule has 0 radical (unpaired) electrons. The molecule has 0 saturated heterocycles. The second kappa shape index (κ2) is 8.99. The van der Waals surface area contributed by atoms with Gasteiger partial charge in [-0.25, -0.2) is 8.42 Å². The van der Waals surface area contributed by atoms with Gasteiger partial charge in [-0.05, 0) is 41.5 Å². The van der Waals surface area contributed by atoms with Gasteiger partial charge in [-0.3, -0.25) is 9.10 Å². The average Bonchev–Trinajstić information content (AvgIpc) is 2.64. The van der Waals surface area contributed by atoms with Crippen LogP contribution in [0.2, 0.25) is 0 Å². The summed E-state index contributed by atoms with van der Waals surface area (Å²) >= 11 is 0. The van der Waals surface area contributed by atoms with E-state index in [4.69, 9.17) is 0 Å². The van der Waals surface area contributed by atoms with E-state index in [1.165, 1.54) is 9.87 Å². The van der Waals surface area contributed by atoms with Crippen LogP contribution in [0.15, 0.2) is 48.5 Å². The molecule has 1 amide bonds. The van der Waals surface area contributed by atoms with Crippen molar-refractivity contribution in [1.82, 2.24) is 5.32 Å². The highest BCUT2D eigenvalue weighted by atomic mass is 32.2. The van der Waals surface area contributed by atoms with Crippen molar-refractivity contribution in [3.05, 3.63) is 65.2 Å². The summed E-state index contributed by atoms with van der Waals surface area (Å²) < 4.78 is 25.9. The Morgan fingerprint density at radius 1 is 1.07 bits per heavy atom. The van der Waals surface area contributed by atoms with Crippen molar-refractivity contribution < 1.29 is 13.2 Å². The number of carbonyl (C=O) groups excluding carboxylic acids is 1. The zero-order valence-corrected chi connectivity index (χ0v) is 19.0. The molecule has 0 bridgehead atoms. The highest BCUT2D eigenvalue weighted by Gasteiger charge is 2.23. The number of benzene rings is 2. The number of nitrogens with one attached hydrogen (secondary N) is 1. The topological polar surface area (TPSA) is 66.5 Å². The fourth-order valence-corrected chi connectivity index (χ4v) is 4.09. The fourth-order valence-electron chi connectivity index (χ4n) is 3.21. The number of sulfonamides is 1. The van der Waals surface area contributed by atoms with Crippen molar-refractivity contribution in [2.45, 2.75) is 52.5 Å². The lowest BCUT2D eigenvalue weighted by Gasteiger charge is -2.25. The fraction of sp³-hybridized carbons (Fsp3) is 0.435. The maximum Gasteiger partial charge on any atom is 0.241 e. The van der Waals surface area contributed by atoms with Gasteiger partial charge in [0.2, 0.25) is 15.9 Å². The SMILES string of the molecule is CCc1ccccc1N(CC(=O)N[C@H](C)c1ccc(C(C)(C)C)cc1)S(C)(=O)=O. The summed E-state index contributed by atoms with van der Waals surface area (Å²) in [6.45, 7) is 10.1. The van der Waals surface area contributed by atoms with E-state index in [1.54, 1.807) is 12.1 Å². The van der Waals surface area contributed by atoms with Crippen LogP contribution >= 0.6 is 0 Å². The predicted octanol–water partition coefficient (Wildman–Crippen LogP) is 4.19. The normalized spacial score (nSPS) is 13.0. The van der Waals surface area contributed by atoms with Gasteiger partial charge in [0.25, 0.3) is 0 Å². The summed E-state index contributed by atoms with van der Waals surface area (Å²) in [6.07, 6.45) is 1.81. The van der Waals surface area contributed by atoms with Gasteiger partial charge < -0.3 is 5.32 Å². The lowest BCUT2D eigenvalue weighted by atomic mass is 9.86. The van der Waals surface area contributed by atoms with Gasteiger partial charge in [0, 0.05) is 0 Å². The minimum absolute atomic E-state index is 0.0632. The molecule has 0 fully saturated rings. The number of para-hydroxylation sites is 1. The predicted molar refractivity (Wildman–Crippen MR) is 120 cm³/mol. The molecular weight excluding hydrogens is 384 g/mol. The van der Waals surface area contributed by atoms with Crippen LogP contribution < -0.4 is 9.62 Å². The van der Waals surface area contributed by atoms with Gasteiger partial charge in [0.1, 0.15) is 6.54 Å². The lowest BCUT2D eigenvalue weighted by Crippen LogP contribution is -2.41. The Hall–Kier alpha value is -2.34. The van der Waals surface area contributed by atoms with Crippen LogP contribution in [0.25, 0.3) is 0 Å². The quantitative estimate of drug-likeness (QED) is 0.736. The van der Waals surface area contributed by atoms with Crippen molar-refractivity contribution in [3.8, 4) is 0 Å². The molecule has 0 aliphatic heterocycles. The Kier molecular flexibility index (Phi) is 7.11. The number of hydrogen-bond acceptors (Lipinski definition) is 3. The number of anilines is 1. The van der Waals surface area contributed by atoms with E-state index in [9.17, 15) is 13.2 Å². The van der Waals surface area contributed by atoms with Crippen molar-refractivity contribution in [2.75, 3.05) is 17.1 Å². The molecule has 0 aromatic heterocycles. The first-order valence-electron chi connectivity index (χ1n) is 9.89. The second-order valence-electron chi connectivity index (χ2n) is 8.41. The third-order valence-electron chi connectivity index (χ3n) is 4.98. The summed E-state index contributed by atoms with van der Waals surface area (Å²) in [5.41, 5.74) is 3.70. The molecule has 29 heavy (non-hydrogen) atoms. The zero-order chi connectivity index (χ0) is 21.8. The first kappa shape index (κ1) is 22.9. The number of carbonyl (C=O) groups is 1. The molecular formula is C23H32N2O3S. The second-order valence-corrected chi connectivity index (χ2v) is 10.3. The van der Waals surface area contributed by atoms with E-state index in [-0.39, 0.29) is 23.9 Å². The van der Waals surface area contributed by atoms with Crippen LogP contribution in [-0.2, 0) is 26.7 Å². The van der Waals surface area contributed by atoms with E-state index in [2.05, 4.69) is 38.2 Å². The van der Waals surface area contributed by atoms with Gasteiger partial charge in [-0.2, -0.15) is 0 Å². The summed E-state index contributed by atoms with van der Waals surface area (Å²) in [5.74, 6) is -0.339. The maximum absolute atomic E-state index is 12.7. The Morgan fingerprint density at radius 3 is 2.17 bits per heavy atom. The molecule has 2 rings (SSSR count). The van der Waals surface area contributed by atoms with Crippen LogP contribution in [0, 0.1) is 0 Å². The molecule has 0 aliphatic rings. The Labute approximate surface area is 175 Å². The Balaban J connectivity index is 2.16. The molecule has 2 aromatic carbocycles. The minimum atomic E-state index is -3.60. The van der Waals surface area contributed by atoms with Crippen molar-refractivity contribution in [1.29, 1.82) is 0 Å². The molecule has 1 N–H and O–H groups in total. The van der Waals surface area contributed by atoms with Gasteiger partial charge in [0.05, 0.1) is 18.0 Å². The first-order chi connectivity index (χ1) is 13.4. The Morgan fingerprint density at radius 2 is 1.66 bits per heavy atom. The van der Waals surface area contributed by atoms with Crippen LogP contribution in [0.5, 0.6) is 0 Å². The number of amides is 1. The molecule has 0 aliphatic carbocycles.